The Morgan fingerprint density at radius 1 is 0.696 bits per heavy atom. The van der Waals surface area contributed by atoms with E-state index in [-0.39, 0.29) is 11.6 Å². The zero-order valence-corrected chi connectivity index (χ0v) is 13.2. The molecule has 2 unspecified atom stereocenters. The van der Waals surface area contributed by atoms with Crippen LogP contribution in [0.2, 0.25) is 0 Å². The third-order valence-corrected chi connectivity index (χ3v) is 4.70. The van der Waals surface area contributed by atoms with Gasteiger partial charge in [0, 0.05) is 0 Å². The second-order valence-corrected chi connectivity index (χ2v) is 6.23. The fourth-order valence-electron chi connectivity index (χ4n) is 3.46. The summed E-state index contributed by atoms with van der Waals surface area (Å²) in [4.78, 5) is 0. The van der Waals surface area contributed by atoms with Gasteiger partial charge in [-0.05, 0) is 30.2 Å². The Morgan fingerprint density at radius 3 is 1.96 bits per heavy atom. The van der Waals surface area contributed by atoms with Crippen molar-refractivity contribution >= 4 is 11.4 Å². The molecule has 2 atom stereocenters. The second kappa shape index (κ2) is 5.47. The SMILES string of the molecule is CC1(c2ccccc2)Nc2ccccc2NC1c1ccccc1. The van der Waals surface area contributed by atoms with E-state index in [9.17, 15) is 0 Å². The number of hydrogen-bond donors (Lipinski definition) is 2. The molecule has 0 bridgehead atoms. The van der Waals surface area contributed by atoms with E-state index in [1.54, 1.807) is 0 Å². The van der Waals surface area contributed by atoms with Crippen LogP contribution in [-0.4, -0.2) is 0 Å². The molecule has 0 amide bonds. The topological polar surface area (TPSA) is 24.1 Å². The summed E-state index contributed by atoms with van der Waals surface area (Å²) in [6, 6.07) is 29.8. The van der Waals surface area contributed by atoms with Gasteiger partial charge in [-0.2, -0.15) is 0 Å². The largest absolute Gasteiger partial charge is 0.374 e. The molecule has 1 aliphatic heterocycles. The standard InChI is InChI=1S/C21H20N2/c1-21(17-12-6-3-7-13-17)20(16-10-4-2-5-11-16)22-18-14-8-9-15-19(18)23-21/h2-15,20,22-23H,1H3. The van der Waals surface area contributed by atoms with E-state index in [1.165, 1.54) is 11.1 Å². The van der Waals surface area contributed by atoms with Gasteiger partial charge in [0.1, 0.15) is 0 Å². The van der Waals surface area contributed by atoms with Crippen LogP contribution in [0.5, 0.6) is 0 Å². The number of rotatable bonds is 2. The van der Waals surface area contributed by atoms with E-state index in [0.29, 0.717) is 0 Å². The maximum absolute atomic E-state index is 3.78. The van der Waals surface area contributed by atoms with Crippen LogP contribution in [0.25, 0.3) is 0 Å². The van der Waals surface area contributed by atoms with Gasteiger partial charge in [0.05, 0.1) is 23.0 Å². The third kappa shape index (κ3) is 2.36. The Balaban J connectivity index is 1.87. The lowest BCUT2D eigenvalue weighted by atomic mass is 9.79. The molecular weight excluding hydrogens is 280 g/mol. The molecule has 0 spiro atoms. The van der Waals surface area contributed by atoms with Crippen molar-refractivity contribution in [2.45, 2.75) is 18.5 Å². The first kappa shape index (κ1) is 13.9. The van der Waals surface area contributed by atoms with E-state index in [4.69, 9.17) is 0 Å². The molecule has 1 heterocycles. The molecule has 3 aromatic carbocycles. The predicted molar refractivity (Wildman–Crippen MR) is 96.7 cm³/mol. The van der Waals surface area contributed by atoms with Gasteiger partial charge in [-0.3, -0.25) is 0 Å². The molecule has 0 aromatic heterocycles. The van der Waals surface area contributed by atoms with Crippen molar-refractivity contribution in [1.29, 1.82) is 0 Å². The minimum Gasteiger partial charge on any atom is -0.374 e. The fraction of sp³-hybridized carbons (Fsp3) is 0.143. The molecule has 0 fully saturated rings. The first-order valence-electron chi connectivity index (χ1n) is 8.01. The zero-order valence-electron chi connectivity index (χ0n) is 13.2. The normalized spacial score (nSPS) is 22.6. The lowest BCUT2D eigenvalue weighted by molar-refractivity contribution is 0.452. The van der Waals surface area contributed by atoms with Gasteiger partial charge in [-0.25, -0.2) is 0 Å². The van der Waals surface area contributed by atoms with Gasteiger partial charge in [0.15, 0.2) is 0 Å². The van der Waals surface area contributed by atoms with Gasteiger partial charge in [-0.1, -0.05) is 72.8 Å². The fourth-order valence-corrected chi connectivity index (χ4v) is 3.46. The Morgan fingerprint density at radius 2 is 1.26 bits per heavy atom. The Labute approximate surface area is 137 Å². The first-order valence-corrected chi connectivity index (χ1v) is 8.01. The molecule has 2 nitrogen and oxygen atoms in total. The van der Waals surface area contributed by atoms with Crippen molar-refractivity contribution < 1.29 is 0 Å². The third-order valence-electron chi connectivity index (χ3n) is 4.70. The van der Waals surface area contributed by atoms with Crippen molar-refractivity contribution in [2.24, 2.45) is 0 Å². The van der Waals surface area contributed by atoms with Crippen LogP contribution in [0.3, 0.4) is 0 Å². The number of hydrogen-bond acceptors (Lipinski definition) is 2. The summed E-state index contributed by atoms with van der Waals surface area (Å²) in [6.45, 7) is 2.27. The van der Waals surface area contributed by atoms with Crippen molar-refractivity contribution in [1.82, 2.24) is 0 Å². The highest BCUT2D eigenvalue weighted by molar-refractivity contribution is 5.74. The first-order chi connectivity index (χ1) is 11.3. The molecule has 0 saturated carbocycles. The average Bonchev–Trinajstić information content (AvgIpc) is 2.62. The van der Waals surface area contributed by atoms with Crippen LogP contribution in [0.4, 0.5) is 11.4 Å². The predicted octanol–water partition coefficient (Wildman–Crippen LogP) is 5.18. The van der Waals surface area contributed by atoms with Crippen LogP contribution in [-0.2, 0) is 5.54 Å². The van der Waals surface area contributed by atoms with Crippen molar-refractivity contribution in [3.8, 4) is 0 Å². The Kier molecular flexibility index (Phi) is 3.30. The molecule has 23 heavy (non-hydrogen) atoms. The van der Waals surface area contributed by atoms with Crippen LogP contribution in [0.15, 0.2) is 84.9 Å². The van der Waals surface area contributed by atoms with Gasteiger partial charge >= 0.3 is 0 Å². The Bertz CT molecular complexity index is 798. The number of nitrogens with one attached hydrogen (secondary N) is 2. The maximum atomic E-state index is 3.78. The van der Waals surface area contributed by atoms with E-state index in [0.717, 1.165) is 11.4 Å². The minimum atomic E-state index is -0.225. The highest BCUT2D eigenvalue weighted by atomic mass is 15.1. The Hall–Kier alpha value is -2.74. The summed E-state index contributed by atoms with van der Waals surface area (Å²) in [5.41, 5.74) is 4.62. The number of benzene rings is 3. The van der Waals surface area contributed by atoms with Gasteiger partial charge < -0.3 is 10.6 Å². The molecular formula is C21H20N2. The number of fused-ring (bicyclic) bond motifs is 1. The monoisotopic (exact) mass is 300 g/mol. The van der Waals surface area contributed by atoms with Crippen molar-refractivity contribution in [3.63, 3.8) is 0 Å². The quantitative estimate of drug-likeness (QED) is 0.681. The summed E-state index contributed by atoms with van der Waals surface area (Å²) >= 11 is 0. The van der Waals surface area contributed by atoms with Crippen molar-refractivity contribution in [3.05, 3.63) is 96.1 Å². The smallest absolute Gasteiger partial charge is 0.0841 e. The zero-order chi connectivity index (χ0) is 15.7. The van der Waals surface area contributed by atoms with Crippen LogP contribution < -0.4 is 10.6 Å². The molecule has 0 saturated heterocycles. The summed E-state index contributed by atoms with van der Waals surface area (Å²) in [6.07, 6.45) is 0. The van der Waals surface area contributed by atoms with E-state index in [1.807, 2.05) is 0 Å². The molecule has 2 heteroatoms. The summed E-state index contributed by atoms with van der Waals surface area (Å²) in [5, 5.41) is 7.52. The van der Waals surface area contributed by atoms with E-state index >= 15 is 0 Å². The molecule has 3 aromatic rings. The summed E-state index contributed by atoms with van der Waals surface area (Å²) in [5.74, 6) is 0. The lowest BCUT2D eigenvalue weighted by Crippen LogP contribution is -2.45. The molecule has 0 radical (unpaired) electrons. The summed E-state index contributed by atoms with van der Waals surface area (Å²) in [7, 11) is 0. The van der Waals surface area contributed by atoms with Gasteiger partial charge in [0.2, 0.25) is 0 Å². The van der Waals surface area contributed by atoms with Gasteiger partial charge in [-0.15, -0.1) is 0 Å². The lowest BCUT2D eigenvalue weighted by Gasteiger charge is -2.45. The van der Waals surface area contributed by atoms with E-state index in [2.05, 4.69) is 102 Å². The number of anilines is 2. The molecule has 0 aliphatic carbocycles. The number of para-hydroxylation sites is 2. The van der Waals surface area contributed by atoms with Crippen LogP contribution in [0.1, 0.15) is 24.1 Å². The van der Waals surface area contributed by atoms with Crippen LogP contribution in [0, 0.1) is 0 Å². The average molecular weight is 300 g/mol. The van der Waals surface area contributed by atoms with Crippen molar-refractivity contribution in [2.75, 3.05) is 10.6 Å². The highest BCUT2D eigenvalue weighted by Crippen LogP contribution is 2.45. The maximum Gasteiger partial charge on any atom is 0.0841 e. The molecule has 2 N–H and O–H groups in total. The molecule has 114 valence electrons. The molecule has 1 aliphatic rings. The molecule has 4 rings (SSSR count). The van der Waals surface area contributed by atoms with Crippen LogP contribution >= 0.6 is 0 Å². The van der Waals surface area contributed by atoms with E-state index < -0.39 is 0 Å². The second-order valence-electron chi connectivity index (χ2n) is 6.23. The summed E-state index contributed by atoms with van der Waals surface area (Å²) < 4.78 is 0. The van der Waals surface area contributed by atoms with Gasteiger partial charge in [0.25, 0.3) is 0 Å². The minimum absolute atomic E-state index is 0.154. The highest BCUT2D eigenvalue weighted by Gasteiger charge is 2.40.